The van der Waals surface area contributed by atoms with E-state index in [1.54, 1.807) is 30.3 Å². The molecule has 6 heteroatoms. The van der Waals surface area contributed by atoms with E-state index in [0.717, 1.165) is 4.68 Å². The fourth-order valence-corrected chi connectivity index (χ4v) is 1.80. The van der Waals surface area contributed by atoms with E-state index in [1.165, 1.54) is 13.8 Å². The van der Waals surface area contributed by atoms with Crippen molar-refractivity contribution in [2.75, 3.05) is 0 Å². The highest BCUT2D eigenvalue weighted by Crippen LogP contribution is 2.22. The van der Waals surface area contributed by atoms with Gasteiger partial charge in [-0.1, -0.05) is 18.2 Å². The van der Waals surface area contributed by atoms with E-state index in [9.17, 15) is 14.9 Å². The minimum Gasteiger partial charge on any atom is -0.267 e. The van der Waals surface area contributed by atoms with E-state index in [0.29, 0.717) is 5.56 Å². The van der Waals surface area contributed by atoms with Crippen LogP contribution in [0.2, 0.25) is 0 Å². The van der Waals surface area contributed by atoms with Crippen molar-refractivity contribution in [3.8, 4) is 0 Å². The molecule has 6 nitrogen and oxygen atoms in total. The minimum absolute atomic E-state index is 0.112. The van der Waals surface area contributed by atoms with Crippen LogP contribution in [0.15, 0.2) is 30.3 Å². The van der Waals surface area contributed by atoms with Crippen molar-refractivity contribution in [1.82, 2.24) is 9.78 Å². The summed E-state index contributed by atoms with van der Waals surface area (Å²) in [6.45, 7) is 3.03. The second-order valence-corrected chi connectivity index (χ2v) is 3.86. The number of hydrogen-bond acceptors (Lipinski definition) is 4. The third kappa shape index (κ3) is 1.88. The molecule has 0 aliphatic carbocycles. The number of aryl methyl sites for hydroxylation is 1. The normalized spacial score (nSPS) is 10.3. The molecule has 2 aromatic rings. The zero-order valence-corrected chi connectivity index (χ0v) is 9.95. The first-order valence-electron chi connectivity index (χ1n) is 5.32. The molecule has 0 spiro atoms. The summed E-state index contributed by atoms with van der Waals surface area (Å²) in [5.74, 6) is -0.371. The van der Waals surface area contributed by atoms with Gasteiger partial charge in [-0.25, -0.2) is 0 Å². The molecule has 1 heterocycles. The van der Waals surface area contributed by atoms with Gasteiger partial charge in [0.2, 0.25) is 0 Å². The van der Waals surface area contributed by atoms with E-state index >= 15 is 0 Å². The molecule has 0 aliphatic rings. The average molecular weight is 245 g/mol. The van der Waals surface area contributed by atoms with Crippen LogP contribution in [0.5, 0.6) is 0 Å². The third-order valence-corrected chi connectivity index (χ3v) is 2.65. The SMILES string of the molecule is Cc1nn(C(=O)c2ccccc2)c(C)c1[N+](=O)[O-]. The van der Waals surface area contributed by atoms with Crippen LogP contribution in [-0.4, -0.2) is 20.6 Å². The van der Waals surface area contributed by atoms with Crippen molar-refractivity contribution in [2.45, 2.75) is 13.8 Å². The molecule has 18 heavy (non-hydrogen) atoms. The van der Waals surface area contributed by atoms with Crippen molar-refractivity contribution in [2.24, 2.45) is 0 Å². The van der Waals surface area contributed by atoms with E-state index in [-0.39, 0.29) is 23.0 Å². The van der Waals surface area contributed by atoms with Crippen molar-refractivity contribution in [3.63, 3.8) is 0 Å². The van der Waals surface area contributed by atoms with Gasteiger partial charge in [0.1, 0.15) is 11.4 Å². The molecular formula is C12H11N3O3. The molecule has 0 fully saturated rings. The maximum atomic E-state index is 12.1. The molecule has 0 saturated heterocycles. The summed E-state index contributed by atoms with van der Waals surface area (Å²) in [5, 5.41) is 14.8. The lowest BCUT2D eigenvalue weighted by molar-refractivity contribution is -0.386. The van der Waals surface area contributed by atoms with Crippen LogP contribution in [0.3, 0.4) is 0 Å². The van der Waals surface area contributed by atoms with Gasteiger partial charge in [0, 0.05) is 5.56 Å². The zero-order chi connectivity index (χ0) is 13.3. The van der Waals surface area contributed by atoms with Gasteiger partial charge >= 0.3 is 5.69 Å². The molecule has 0 radical (unpaired) electrons. The Morgan fingerprint density at radius 3 is 2.39 bits per heavy atom. The summed E-state index contributed by atoms with van der Waals surface area (Å²) < 4.78 is 1.07. The lowest BCUT2D eigenvalue weighted by atomic mass is 10.2. The maximum Gasteiger partial charge on any atom is 0.313 e. The predicted octanol–water partition coefficient (Wildman–Crippen LogP) is 2.10. The lowest BCUT2D eigenvalue weighted by Crippen LogP contribution is -2.15. The Morgan fingerprint density at radius 1 is 1.28 bits per heavy atom. The summed E-state index contributed by atoms with van der Waals surface area (Å²) in [7, 11) is 0. The van der Waals surface area contributed by atoms with Crippen molar-refractivity contribution in [3.05, 3.63) is 57.4 Å². The van der Waals surface area contributed by atoms with Gasteiger partial charge in [-0.2, -0.15) is 9.78 Å². The Balaban J connectivity index is 2.51. The minimum atomic E-state index is -0.521. The van der Waals surface area contributed by atoms with Gasteiger partial charge in [0.25, 0.3) is 5.91 Å². The Kier molecular flexibility index (Phi) is 2.93. The van der Waals surface area contributed by atoms with Crippen molar-refractivity contribution >= 4 is 11.6 Å². The molecule has 0 N–H and O–H groups in total. The van der Waals surface area contributed by atoms with Gasteiger partial charge in [-0.3, -0.25) is 14.9 Å². The zero-order valence-electron chi connectivity index (χ0n) is 9.95. The summed E-state index contributed by atoms with van der Waals surface area (Å²) in [6.07, 6.45) is 0. The topological polar surface area (TPSA) is 78.0 Å². The molecule has 0 unspecified atom stereocenters. The van der Waals surface area contributed by atoms with Gasteiger partial charge in [0.05, 0.1) is 4.92 Å². The van der Waals surface area contributed by atoms with Gasteiger partial charge < -0.3 is 0 Å². The van der Waals surface area contributed by atoms with Crippen molar-refractivity contribution in [1.29, 1.82) is 0 Å². The number of carbonyl (C=O) groups is 1. The number of benzene rings is 1. The number of nitro groups is 1. The van der Waals surface area contributed by atoms with Crippen LogP contribution in [0, 0.1) is 24.0 Å². The molecule has 1 aromatic heterocycles. The predicted molar refractivity (Wildman–Crippen MR) is 64.5 cm³/mol. The molecule has 0 aliphatic heterocycles. The van der Waals surface area contributed by atoms with Crippen LogP contribution in [-0.2, 0) is 0 Å². The van der Waals surface area contributed by atoms with Crippen molar-refractivity contribution < 1.29 is 9.72 Å². The second-order valence-electron chi connectivity index (χ2n) is 3.86. The number of carbonyl (C=O) groups excluding carboxylic acids is 1. The quantitative estimate of drug-likeness (QED) is 0.599. The van der Waals surface area contributed by atoms with Crippen LogP contribution in [0.25, 0.3) is 0 Å². The molecule has 1 aromatic carbocycles. The van der Waals surface area contributed by atoms with E-state index in [4.69, 9.17) is 0 Å². The summed E-state index contributed by atoms with van der Waals surface area (Å²) in [5.41, 5.74) is 0.811. The van der Waals surface area contributed by atoms with E-state index < -0.39 is 4.92 Å². The summed E-state index contributed by atoms with van der Waals surface area (Å²) >= 11 is 0. The highest BCUT2D eigenvalue weighted by molar-refractivity contribution is 5.96. The maximum absolute atomic E-state index is 12.1. The molecule has 0 saturated carbocycles. The Morgan fingerprint density at radius 2 is 1.89 bits per heavy atom. The lowest BCUT2D eigenvalue weighted by Gasteiger charge is -2.01. The standard InChI is InChI=1S/C12H11N3O3/c1-8-11(15(17)18)9(2)14(13-8)12(16)10-6-4-3-5-7-10/h3-7H,1-2H3. The smallest absolute Gasteiger partial charge is 0.267 e. The second kappa shape index (κ2) is 4.40. The highest BCUT2D eigenvalue weighted by atomic mass is 16.6. The summed E-state index contributed by atoms with van der Waals surface area (Å²) in [6, 6.07) is 8.54. The van der Waals surface area contributed by atoms with Crippen LogP contribution in [0.1, 0.15) is 21.7 Å². The van der Waals surface area contributed by atoms with Crippen LogP contribution in [0.4, 0.5) is 5.69 Å². The largest absolute Gasteiger partial charge is 0.313 e. The number of nitrogens with zero attached hydrogens (tertiary/aromatic N) is 3. The van der Waals surface area contributed by atoms with Gasteiger partial charge in [-0.05, 0) is 26.0 Å². The molecule has 92 valence electrons. The Labute approximate surface area is 103 Å². The number of aromatic nitrogens is 2. The number of rotatable bonds is 2. The first kappa shape index (κ1) is 12.0. The molecule has 2 rings (SSSR count). The molecule has 0 atom stereocenters. The van der Waals surface area contributed by atoms with E-state index in [2.05, 4.69) is 5.10 Å². The monoisotopic (exact) mass is 245 g/mol. The molecular weight excluding hydrogens is 234 g/mol. The fourth-order valence-electron chi connectivity index (χ4n) is 1.80. The molecule has 0 amide bonds. The Bertz CT molecular complexity index is 617. The van der Waals surface area contributed by atoms with Gasteiger partial charge in [-0.15, -0.1) is 0 Å². The van der Waals surface area contributed by atoms with Crippen LogP contribution >= 0.6 is 0 Å². The fraction of sp³-hybridized carbons (Fsp3) is 0.167. The Hall–Kier alpha value is -2.50. The average Bonchev–Trinajstić information content (AvgIpc) is 2.65. The van der Waals surface area contributed by atoms with Gasteiger partial charge in [0.15, 0.2) is 0 Å². The third-order valence-electron chi connectivity index (χ3n) is 2.65. The first-order chi connectivity index (χ1) is 8.52. The number of hydrogen-bond donors (Lipinski definition) is 0. The van der Waals surface area contributed by atoms with Crippen LogP contribution < -0.4 is 0 Å². The van der Waals surface area contributed by atoms with E-state index in [1.807, 2.05) is 0 Å². The first-order valence-corrected chi connectivity index (χ1v) is 5.32. The highest BCUT2D eigenvalue weighted by Gasteiger charge is 2.25. The summed E-state index contributed by atoms with van der Waals surface area (Å²) in [4.78, 5) is 22.5. The molecule has 0 bridgehead atoms.